The highest BCUT2D eigenvalue weighted by atomic mass is 32.1. The molecule has 0 aliphatic heterocycles. The topological polar surface area (TPSA) is 68.1 Å². The largest absolute Gasteiger partial charge is 0.373 e. The molecule has 0 atom stereocenters. The molecule has 1 heterocycles. The number of rotatable bonds is 5. The van der Waals surface area contributed by atoms with E-state index in [0.29, 0.717) is 12.2 Å². The van der Waals surface area contributed by atoms with Crippen molar-refractivity contribution in [1.29, 1.82) is 0 Å². The van der Waals surface area contributed by atoms with Crippen molar-refractivity contribution in [1.82, 2.24) is 4.98 Å². The maximum absolute atomic E-state index is 11.0. The number of para-hydroxylation sites is 1. The van der Waals surface area contributed by atoms with Gasteiger partial charge in [-0.15, -0.1) is 11.3 Å². The molecule has 0 saturated carbocycles. The third kappa shape index (κ3) is 3.08. The van der Waals surface area contributed by atoms with Crippen molar-refractivity contribution in [2.45, 2.75) is 26.8 Å². The predicted molar refractivity (Wildman–Crippen MR) is 76.7 cm³/mol. The molecule has 0 spiro atoms. The number of nitro groups is 1. The van der Waals surface area contributed by atoms with Crippen LogP contribution >= 0.6 is 11.3 Å². The first-order valence-electron chi connectivity index (χ1n) is 6.03. The monoisotopic (exact) mass is 277 g/mol. The Morgan fingerprint density at radius 2 is 2.26 bits per heavy atom. The Morgan fingerprint density at radius 3 is 2.89 bits per heavy atom. The van der Waals surface area contributed by atoms with Crippen LogP contribution in [0, 0.1) is 17.0 Å². The highest BCUT2D eigenvalue weighted by Crippen LogP contribution is 2.28. The minimum absolute atomic E-state index is 0.104. The molecule has 100 valence electrons. The van der Waals surface area contributed by atoms with E-state index in [1.54, 1.807) is 17.4 Å². The average Bonchev–Trinajstić information content (AvgIpc) is 2.85. The fourth-order valence-electron chi connectivity index (χ4n) is 1.79. The van der Waals surface area contributed by atoms with Gasteiger partial charge in [0.05, 0.1) is 11.5 Å². The molecule has 1 aromatic heterocycles. The molecule has 0 fully saturated rings. The van der Waals surface area contributed by atoms with E-state index in [0.717, 1.165) is 17.0 Å². The van der Waals surface area contributed by atoms with Gasteiger partial charge in [0, 0.05) is 17.1 Å². The standard InChI is InChI=1S/C13H15N3O2S/c1-3-10-7-14-12(19-10)8-15-13-9(2)5-4-6-11(13)16(17)18/h4-7,15H,3,8H2,1-2H3. The summed E-state index contributed by atoms with van der Waals surface area (Å²) in [4.78, 5) is 16.1. The molecule has 0 radical (unpaired) electrons. The number of aryl methyl sites for hydroxylation is 2. The molecule has 0 bridgehead atoms. The lowest BCUT2D eigenvalue weighted by atomic mass is 10.1. The fraction of sp³-hybridized carbons (Fsp3) is 0.308. The first-order valence-corrected chi connectivity index (χ1v) is 6.85. The van der Waals surface area contributed by atoms with Crippen LogP contribution in [0.5, 0.6) is 0 Å². The lowest BCUT2D eigenvalue weighted by Gasteiger charge is -2.08. The summed E-state index contributed by atoms with van der Waals surface area (Å²) in [6, 6.07) is 5.06. The molecule has 2 aromatic rings. The number of nitrogens with one attached hydrogen (secondary N) is 1. The van der Waals surface area contributed by atoms with Gasteiger partial charge in [0.15, 0.2) is 0 Å². The molecule has 0 aliphatic carbocycles. The van der Waals surface area contributed by atoms with Crippen molar-refractivity contribution in [3.05, 3.63) is 50.0 Å². The van der Waals surface area contributed by atoms with Crippen LogP contribution in [0.4, 0.5) is 11.4 Å². The van der Waals surface area contributed by atoms with Gasteiger partial charge in [-0.1, -0.05) is 19.1 Å². The molecule has 1 N–H and O–H groups in total. The highest BCUT2D eigenvalue weighted by molar-refractivity contribution is 7.11. The van der Waals surface area contributed by atoms with Gasteiger partial charge in [0.25, 0.3) is 5.69 Å². The number of hydrogen-bond donors (Lipinski definition) is 1. The van der Waals surface area contributed by atoms with Crippen LogP contribution in [-0.2, 0) is 13.0 Å². The summed E-state index contributed by atoms with van der Waals surface area (Å²) in [6.45, 7) is 4.45. The van der Waals surface area contributed by atoms with Crippen molar-refractivity contribution < 1.29 is 4.92 Å². The van der Waals surface area contributed by atoms with Crippen LogP contribution in [0.15, 0.2) is 24.4 Å². The number of hydrogen-bond acceptors (Lipinski definition) is 5. The number of nitrogens with zero attached hydrogens (tertiary/aromatic N) is 2. The van der Waals surface area contributed by atoms with E-state index in [9.17, 15) is 10.1 Å². The van der Waals surface area contributed by atoms with Crippen molar-refractivity contribution in [3.63, 3.8) is 0 Å². The number of aromatic nitrogens is 1. The van der Waals surface area contributed by atoms with Crippen molar-refractivity contribution in [3.8, 4) is 0 Å². The molecule has 0 amide bonds. The third-order valence-corrected chi connectivity index (χ3v) is 3.96. The third-order valence-electron chi connectivity index (χ3n) is 2.81. The zero-order valence-corrected chi connectivity index (χ0v) is 11.7. The SMILES string of the molecule is CCc1cnc(CNc2c(C)cccc2[N+](=O)[O-])s1. The van der Waals surface area contributed by atoms with Gasteiger partial charge < -0.3 is 5.32 Å². The number of benzene rings is 1. The van der Waals surface area contributed by atoms with Gasteiger partial charge in [-0.25, -0.2) is 4.98 Å². The van der Waals surface area contributed by atoms with E-state index < -0.39 is 0 Å². The van der Waals surface area contributed by atoms with Crippen LogP contribution < -0.4 is 5.32 Å². The van der Waals surface area contributed by atoms with Crippen molar-refractivity contribution in [2.75, 3.05) is 5.32 Å². The molecule has 0 unspecified atom stereocenters. The van der Waals surface area contributed by atoms with Crippen LogP contribution in [-0.4, -0.2) is 9.91 Å². The molecule has 19 heavy (non-hydrogen) atoms. The highest BCUT2D eigenvalue weighted by Gasteiger charge is 2.15. The zero-order chi connectivity index (χ0) is 13.8. The Hall–Kier alpha value is -1.95. The summed E-state index contributed by atoms with van der Waals surface area (Å²) in [5, 5.41) is 15.1. The van der Waals surface area contributed by atoms with E-state index in [1.807, 2.05) is 19.2 Å². The normalized spacial score (nSPS) is 10.4. The lowest BCUT2D eigenvalue weighted by molar-refractivity contribution is -0.384. The molecule has 2 rings (SSSR count). The minimum atomic E-state index is -0.366. The van der Waals surface area contributed by atoms with Gasteiger partial charge >= 0.3 is 0 Å². The van der Waals surface area contributed by atoms with Crippen molar-refractivity contribution >= 4 is 22.7 Å². The summed E-state index contributed by atoms with van der Waals surface area (Å²) in [6.07, 6.45) is 2.82. The van der Waals surface area contributed by atoms with Gasteiger partial charge in [-0.3, -0.25) is 10.1 Å². The number of nitro benzene ring substituents is 1. The van der Waals surface area contributed by atoms with E-state index in [4.69, 9.17) is 0 Å². The maximum atomic E-state index is 11.0. The average molecular weight is 277 g/mol. The number of anilines is 1. The molecular weight excluding hydrogens is 262 g/mol. The molecule has 1 aromatic carbocycles. The Kier molecular flexibility index (Phi) is 4.11. The summed E-state index contributed by atoms with van der Waals surface area (Å²) in [7, 11) is 0. The molecule has 6 heteroatoms. The molecule has 5 nitrogen and oxygen atoms in total. The van der Waals surface area contributed by atoms with Gasteiger partial charge in [0.1, 0.15) is 10.7 Å². The van der Waals surface area contributed by atoms with Crippen LogP contribution in [0.2, 0.25) is 0 Å². The van der Waals surface area contributed by atoms with E-state index >= 15 is 0 Å². The second-order valence-corrected chi connectivity index (χ2v) is 5.35. The summed E-state index contributed by atoms with van der Waals surface area (Å²) >= 11 is 1.63. The first-order chi connectivity index (χ1) is 9.11. The Bertz CT molecular complexity index is 595. The quantitative estimate of drug-likeness (QED) is 0.670. The maximum Gasteiger partial charge on any atom is 0.292 e. The van der Waals surface area contributed by atoms with Crippen LogP contribution in [0.3, 0.4) is 0 Å². The molecule has 0 saturated heterocycles. The second kappa shape index (κ2) is 5.79. The Balaban J connectivity index is 2.17. The summed E-state index contributed by atoms with van der Waals surface area (Å²) < 4.78 is 0. The first kappa shape index (κ1) is 13.5. The predicted octanol–water partition coefficient (Wildman–Crippen LogP) is 3.53. The Labute approximate surface area is 115 Å². The van der Waals surface area contributed by atoms with E-state index in [-0.39, 0.29) is 10.6 Å². The molecular formula is C13H15N3O2S. The van der Waals surface area contributed by atoms with E-state index in [2.05, 4.69) is 17.2 Å². The van der Waals surface area contributed by atoms with Gasteiger partial charge in [-0.05, 0) is 18.9 Å². The van der Waals surface area contributed by atoms with Crippen molar-refractivity contribution in [2.24, 2.45) is 0 Å². The van der Waals surface area contributed by atoms with Crippen LogP contribution in [0.1, 0.15) is 22.4 Å². The zero-order valence-electron chi connectivity index (χ0n) is 10.8. The van der Waals surface area contributed by atoms with E-state index in [1.165, 1.54) is 10.9 Å². The lowest BCUT2D eigenvalue weighted by Crippen LogP contribution is -2.04. The summed E-state index contributed by atoms with van der Waals surface area (Å²) in [5.41, 5.74) is 1.54. The summed E-state index contributed by atoms with van der Waals surface area (Å²) in [5.74, 6) is 0. The number of thiazole rings is 1. The smallest absolute Gasteiger partial charge is 0.292 e. The minimum Gasteiger partial charge on any atom is -0.373 e. The fourth-order valence-corrected chi connectivity index (χ4v) is 2.59. The molecule has 0 aliphatic rings. The van der Waals surface area contributed by atoms with Gasteiger partial charge in [-0.2, -0.15) is 0 Å². The van der Waals surface area contributed by atoms with Crippen LogP contribution in [0.25, 0.3) is 0 Å². The van der Waals surface area contributed by atoms with Gasteiger partial charge in [0.2, 0.25) is 0 Å². The second-order valence-electron chi connectivity index (χ2n) is 4.15. The Morgan fingerprint density at radius 1 is 1.47 bits per heavy atom.